The van der Waals surface area contributed by atoms with Gasteiger partial charge in [-0.2, -0.15) is 0 Å². The predicted molar refractivity (Wildman–Crippen MR) is 67.2 cm³/mol. The molecule has 0 amide bonds. The Morgan fingerprint density at radius 2 is 2.06 bits per heavy atom. The van der Waals surface area contributed by atoms with Gasteiger partial charge in [0.2, 0.25) is 0 Å². The summed E-state index contributed by atoms with van der Waals surface area (Å²) in [5.74, 6) is 0.298. The molecule has 1 fully saturated rings. The van der Waals surface area contributed by atoms with Crippen LogP contribution in [0.2, 0.25) is 5.02 Å². The number of benzene rings is 1. The number of ketones is 1. The molecule has 2 nitrogen and oxygen atoms in total. The van der Waals surface area contributed by atoms with Crippen molar-refractivity contribution in [3.63, 3.8) is 0 Å². The van der Waals surface area contributed by atoms with Crippen molar-refractivity contribution in [3.8, 4) is 0 Å². The molecule has 1 saturated heterocycles. The summed E-state index contributed by atoms with van der Waals surface area (Å²) in [4.78, 5) is 14.0. The van der Waals surface area contributed by atoms with Crippen LogP contribution in [0.15, 0.2) is 18.2 Å². The minimum Gasteiger partial charge on any atom is -0.359 e. The summed E-state index contributed by atoms with van der Waals surface area (Å²) in [5, 5.41) is 0.757. The van der Waals surface area contributed by atoms with E-state index < -0.39 is 5.54 Å². The van der Waals surface area contributed by atoms with E-state index in [4.69, 9.17) is 11.6 Å². The maximum absolute atomic E-state index is 11.8. The quantitative estimate of drug-likeness (QED) is 0.748. The van der Waals surface area contributed by atoms with Gasteiger partial charge in [0.05, 0.1) is 5.54 Å². The molecule has 1 aromatic rings. The van der Waals surface area contributed by atoms with Crippen LogP contribution in [-0.4, -0.2) is 17.9 Å². The Morgan fingerprint density at radius 3 is 2.62 bits per heavy atom. The topological polar surface area (TPSA) is 20.3 Å². The second-order valence-corrected chi connectivity index (χ2v) is 5.17. The highest BCUT2D eigenvalue weighted by Crippen LogP contribution is 2.35. The number of hydrogen-bond donors (Lipinski definition) is 0. The van der Waals surface area contributed by atoms with E-state index in [1.54, 1.807) is 0 Å². The maximum Gasteiger partial charge on any atom is 0.159 e. The van der Waals surface area contributed by atoms with Gasteiger partial charge in [0.1, 0.15) is 0 Å². The molecular weight excluding hydrogens is 222 g/mol. The largest absolute Gasteiger partial charge is 0.359 e. The van der Waals surface area contributed by atoms with Crippen molar-refractivity contribution in [3.05, 3.63) is 28.8 Å². The highest BCUT2D eigenvalue weighted by atomic mass is 35.5. The Kier molecular flexibility index (Phi) is 2.70. The molecule has 1 heterocycles. The fourth-order valence-electron chi connectivity index (χ4n) is 2.26. The predicted octanol–water partition coefficient (Wildman–Crippen LogP) is 3.21. The lowest BCUT2D eigenvalue weighted by atomic mass is 9.99. The zero-order valence-electron chi connectivity index (χ0n) is 9.88. The zero-order chi connectivity index (χ0) is 11.9. The summed E-state index contributed by atoms with van der Waals surface area (Å²) >= 11 is 6.11. The SMILES string of the molecule is Cc1c(Cl)cccc1N1CCC(=O)C1(C)C. The van der Waals surface area contributed by atoms with Gasteiger partial charge in [0, 0.05) is 23.7 Å². The molecule has 1 aromatic carbocycles. The third kappa shape index (κ3) is 1.61. The molecule has 2 rings (SSSR count). The van der Waals surface area contributed by atoms with Gasteiger partial charge in [-0.25, -0.2) is 0 Å². The lowest BCUT2D eigenvalue weighted by molar-refractivity contribution is -0.120. The van der Waals surface area contributed by atoms with Crippen molar-refractivity contribution in [2.45, 2.75) is 32.7 Å². The molecule has 0 unspecified atom stereocenters. The molecule has 86 valence electrons. The fourth-order valence-corrected chi connectivity index (χ4v) is 2.43. The van der Waals surface area contributed by atoms with Crippen molar-refractivity contribution in [2.24, 2.45) is 0 Å². The van der Waals surface area contributed by atoms with Crippen LogP contribution >= 0.6 is 11.6 Å². The Bertz CT molecular complexity index is 440. The molecule has 0 bridgehead atoms. The summed E-state index contributed by atoms with van der Waals surface area (Å²) in [5.41, 5.74) is 1.71. The number of Topliss-reactive ketones (excluding diaryl/α,β-unsaturated/α-hetero) is 1. The molecular formula is C13H16ClNO. The Labute approximate surface area is 101 Å². The van der Waals surface area contributed by atoms with Crippen molar-refractivity contribution in [1.82, 2.24) is 0 Å². The molecule has 0 aliphatic carbocycles. The Morgan fingerprint density at radius 1 is 1.38 bits per heavy atom. The van der Waals surface area contributed by atoms with E-state index in [-0.39, 0.29) is 0 Å². The third-order valence-electron chi connectivity index (χ3n) is 3.45. The smallest absolute Gasteiger partial charge is 0.159 e. The minimum atomic E-state index is -0.407. The summed E-state index contributed by atoms with van der Waals surface area (Å²) in [6, 6.07) is 5.84. The zero-order valence-corrected chi connectivity index (χ0v) is 10.6. The van der Waals surface area contributed by atoms with Crippen LogP contribution in [0.5, 0.6) is 0 Å². The normalized spacial score (nSPS) is 19.2. The molecule has 16 heavy (non-hydrogen) atoms. The number of carbonyl (C=O) groups is 1. The average Bonchev–Trinajstić information content (AvgIpc) is 2.48. The van der Waals surface area contributed by atoms with E-state index in [9.17, 15) is 4.79 Å². The molecule has 0 spiro atoms. The second kappa shape index (κ2) is 3.77. The van der Waals surface area contributed by atoms with E-state index in [0.717, 1.165) is 22.8 Å². The lowest BCUT2D eigenvalue weighted by Gasteiger charge is -2.33. The van der Waals surface area contributed by atoms with E-state index >= 15 is 0 Å². The van der Waals surface area contributed by atoms with Gasteiger partial charge in [0.25, 0.3) is 0 Å². The third-order valence-corrected chi connectivity index (χ3v) is 3.86. The van der Waals surface area contributed by atoms with Crippen LogP contribution in [-0.2, 0) is 4.79 Å². The number of halogens is 1. The Balaban J connectivity index is 2.46. The fraction of sp³-hybridized carbons (Fsp3) is 0.462. The van der Waals surface area contributed by atoms with Gasteiger partial charge in [-0.3, -0.25) is 4.79 Å². The van der Waals surface area contributed by atoms with Crippen LogP contribution in [0, 0.1) is 6.92 Å². The van der Waals surface area contributed by atoms with E-state index in [1.807, 2.05) is 39.0 Å². The van der Waals surface area contributed by atoms with E-state index in [2.05, 4.69) is 4.90 Å². The lowest BCUT2D eigenvalue weighted by Crippen LogP contribution is -2.43. The van der Waals surface area contributed by atoms with Gasteiger partial charge in [0.15, 0.2) is 5.78 Å². The van der Waals surface area contributed by atoms with Gasteiger partial charge < -0.3 is 4.90 Å². The summed E-state index contributed by atoms with van der Waals surface area (Å²) in [7, 11) is 0. The molecule has 0 radical (unpaired) electrons. The van der Waals surface area contributed by atoms with Gasteiger partial charge >= 0.3 is 0 Å². The first-order chi connectivity index (χ1) is 7.44. The number of anilines is 1. The highest BCUT2D eigenvalue weighted by molar-refractivity contribution is 6.31. The van der Waals surface area contributed by atoms with Gasteiger partial charge in [-0.15, -0.1) is 0 Å². The molecule has 0 aromatic heterocycles. The molecule has 0 saturated carbocycles. The average molecular weight is 238 g/mol. The number of rotatable bonds is 1. The first-order valence-electron chi connectivity index (χ1n) is 5.50. The van der Waals surface area contributed by atoms with Crippen LogP contribution in [0.1, 0.15) is 25.8 Å². The molecule has 1 aliphatic rings. The first kappa shape index (κ1) is 11.5. The molecule has 0 atom stereocenters. The molecule has 0 N–H and O–H groups in total. The van der Waals surface area contributed by atoms with Gasteiger partial charge in [-0.1, -0.05) is 17.7 Å². The standard InChI is InChI=1S/C13H16ClNO/c1-9-10(14)5-4-6-11(9)15-8-7-12(16)13(15,2)3/h4-6H,7-8H2,1-3H3. The molecule has 3 heteroatoms. The maximum atomic E-state index is 11.8. The first-order valence-corrected chi connectivity index (χ1v) is 5.88. The van der Waals surface area contributed by atoms with E-state index in [1.165, 1.54) is 0 Å². The van der Waals surface area contributed by atoms with Crippen LogP contribution in [0.4, 0.5) is 5.69 Å². The summed E-state index contributed by atoms with van der Waals surface area (Å²) in [6.07, 6.45) is 0.624. The summed E-state index contributed by atoms with van der Waals surface area (Å²) in [6.45, 7) is 6.73. The minimum absolute atomic E-state index is 0.298. The highest BCUT2D eigenvalue weighted by Gasteiger charge is 2.40. The second-order valence-electron chi connectivity index (χ2n) is 4.77. The van der Waals surface area contributed by atoms with Crippen molar-refractivity contribution >= 4 is 23.1 Å². The Hall–Kier alpha value is -1.02. The molecule has 1 aliphatic heterocycles. The van der Waals surface area contributed by atoms with Gasteiger partial charge in [-0.05, 0) is 38.5 Å². The van der Waals surface area contributed by atoms with Crippen molar-refractivity contribution in [2.75, 3.05) is 11.4 Å². The summed E-state index contributed by atoms with van der Waals surface area (Å²) < 4.78 is 0. The van der Waals surface area contributed by atoms with Crippen LogP contribution in [0.25, 0.3) is 0 Å². The number of nitrogens with zero attached hydrogens (tertiary/aromatic N) is 1. The van der Waals surface area contributed by atoms with Crippen LogP contribution < -0.4 is 4.90 Å². The van der Waals surface area contributed by atoms with Crippen molar-refractivity contribution in [1.29, 1.82) is 0 Å². The monoisotopic (exact) mass is 237 g/mol. The van der Waals surface area contributed by atoms with Crippen molar-refractivity contribution < 1.29 is 4.79 Å². The van der Waals surface area contributed by atoms with Crippen LogP contribution in [0.3, 0.4) is 0 Å². The number of carbonyl (C=O) groups excluding carboxylic acids is 1. The van der Waals surface area contributed by atoms with E-state index in [0.29, 0.717) is 12.2 Å². The number of hydrogen-bond acceptors (Lipinski definition) is 2.